The molecule has 0 aromatic heterocycles. The second kappa shape index (κ2) is 4.34. The highest BCUT2D eigenvalue weighted by Gasteiger charge is 2.62. The third-order valence-corrected chi connectivity index (χ3v) is 6.28. The average Bonchev–Trinajstić information content (AvgIpc) is 2.74. The van der Waals surface area contributed by atoms with Gasteiger partial charge in [0.15, 0.2) is 6.29 Å². The molecule has 2 nitrogen and oxygen atoms in total. The zero-order chi connectivity index (χ0) is 14.5. The minimum absolute atomic E-state index is 0.225. The molecule has 0 spiro atoms. The van der Waals surface area contributed by atoms with Crippen LogP contribution in [-0.2, 0) is 0 Å². The maximum atomic E-state index is 11.2. The van der Waals surface area contributed by atoms with Crippen LogP contribution in [0.4, 0.5) is 0 Å². The van der Waals surface area contributed by atoms with Crippen molar-refractivity contribution in [1.82, 2.24) is 0 Å². The normalized spacial score (nSPS) is 34.2. The highest BCUT2D eigenvalue weighted by Crippen LogP contribution is 2.66. The minimum Gasteiger partial charge on any atom is -0.489 e. The monoisotopic (exact) mass is 272 g/mol. The van der Waals surface area contributed by atoms with Gasteiger partial charge in [0.25, 0.3) is 0 Å². The van der Waals surface area contributed by atoms with Gasteiger partial charge in [-0.15, -0.1) is 0 Å². The Kier molecular flexibility index (Phi) is 2.97. The maximum absolute atomic E-state index is 11.2. The van der Waals surface area contributed by atoms with Crippen LogP contribution in [-0.4, -0.2) is 12.4 Å². The van der Waals surface area contributed by atoms with Gasteiger partial charge in [0, 0.05) is 5.41 Å². The van der Waals surface area contributed by atoms with Crippen LogP contribution in [0.5, 0.6) is 5.75 Å². The molecule has 20 heavy (non-hydrogen) atoms. The third-order valence-electron chi connectivity index (χ3n) is 6.28. The summed E-state index contributed by atoms with van der Waals surface area (Å²) in [5.74, 6) is 1.50. The van der Waals surface area contributed by atoms with Crippen LogP contribution in [0.25, 0.3) is 0 Å². The second-order valence-corrected chi connectivity index (χ2v) is 7.38. The molecule has 108 valence electrons. The molecule has 3 rings (SSSR count). The van der Waals surface area contributed by atoms with E-state index >= 15 is 0 Å². The van der Waals surface area contributed by atoms with E-state index in [2.05, 4.69) is 20.8 Å². The molecule has 2 fully saturated rings. The topological polar surface area (TPSA) is 26.3 Å². The Morgan fingerprint density at radius 3 is 2.60 bits per heavy atom. The summed E-state index contributed by atoms with van der Waals surface area (Å²) >= 11 is 0. The maximum Gasteiger partial charge on any atom is 0.153 e. The first kappa shape index (κ1) is 13.7. The first-order valence-electron chi connectivity index (χ1n) is 7.61. The zero-order valence-corrected chi connectivity index (χ0v) is 12.9. The molecule has 2 aliphatic carbocycles. The van der Waals surface area contributed by atoms with Gasteiger partial charge in [-0.05, 0) is 49.7 Å². The van der Waals surface area contributed by atoms with Crippen LogP contribution in [0.2, 0.25) is 0 Å². The molecule has 0 saturated heterocycles. The van der Waals surface area contributed by atoms with Gasteiger partial charge in [0.1, 0.15) is 11.9 Å². The number of aryl methyl sites for hydroxylation is 1. The Labute approximate surface area is 121 Å². The van der Waals surface area contributed by atoms with Crippen molar-refractivity contribution in [2.45, 2.75) is 53.1 Å². The Morgan fingerprint density at radius 1 is 1.30 bits per heavy atom. The van der Waals surface area contributed by atoms with Gasteiger partial charge >= 0.3 is 0 Å². The summed E-state index contributed by atoms with van der Waals surface area (Å²) in [5.41, 5.74) is 2.33. The SMILES string of the molecule is Cc1ccc(OC2CC3CCC2(C)C3(C)C)c(C=O)c1. The molecule has 1 aromatic rings. The van der Waals surface area contributed by atoms with Crippen molar-refractivity contribution in [3.8, 4) is 5.75 Å². The minimum atomic E-state index is 0.225. The lowest BCUT2D eigenvalue weighted by Crippen LogP contribution is -2.39. The van der Waals surface area contributed by atoms with E-state index in [1.54, 1.807) is 0 Å². The smallest absolute Gasteiger partial charge is 0.153 e. The number of hydrogen-bond donors (Lipinski definition) is 0. The van der Waals surface area contributed by atoms with Crippen LogP contribution >= 0.6 is 0 Å². The summed E-state index contributed by atoms with van der Waals surface area (Å²) in [6.45, 7) is 9.12. The van der Waals surface area contributed by atoms with Crippen LogP contribution in [0.3, 0.4) is 0 Å². The van der Waals surface area contributed by atoms with E-state index in [0.29, 0.717) is 11.0 Å². The van der Waals surface area contributed by atoms with Crippen LogP contribution in [0.1, 0.15) is 56.0 Å². The molecule has 2 saturated carbocycles. The van der Waals surface area contributed by atoms with Crippen LogP contribution in [0.15, 0.2) is 18.2 Å². The summed E-state index contributed by atoms with van der Waals surface area (Å²) in [4.78, 5) is 11.2. The quantitative estimate of drug-likeness (QED) is 0.762. The fourth-order valence-corrected chi connectivity index (χ4v) is 4.33. The van der Waals surface area contributed by atoms with Crippen molar-refractivity contribution in [1.29, 1.82) is 0 Å². The molecular formula is C18H24O2. The molecule has 3 atom stereocenters. The first-order valence-corrected chi connectivity index (χ1v) is 7.61. The van der Waals surface area contributed by atoms with E-state index in [9.17, 15) is 4.79 Å². The van der Waals surface area contributed by atoms with Gasteiger partial charge in [0.05, 0.1) is 5.56 Å². The molecule has 0 heterocycles. The molecule has 0 amide bonds. The fourth-order valence-electron chi connectivity index (χ4n) is 4.33. The Balaban J connectivity index is 1.89. The molecule has 1 aromatic carbocycles. The van der Waals surface area contributed by atoms with E-state index in [0.717, 1.165) is 29.9 Å². The molecule has 3 unspecified atom stereocenters. The number of aldehydes is 1. The highest BCUT2D eigenvalue weighted by molar-refractivity contribution is 5.79. The Hall–Kier alpha value is -1.31. The number of benzene rings is 1. The van der Waals surface area contributed by atoms with Gasteiger partial charge in [-0.3, -0.25) is 4.79 Å². The van der Waals surface area contributed by atoms with Gasteiger partial charge in [-0.1, -0.05) is 32.4 Å². The lowest BCUT2D eigenvalue weighted by Gasteiger charge is -2.39. The zero-order valence-electron chi connectivity index (χ0n) is 12.9. The van der Waals surface area contributed by atoms with E-state index < -0.39 is 0 Å². The van der Waals surface area contributed by atoms with Gasteiger partial charge in [-0.25, -0.2) is 0 Å². The number of ether oxygens (including phenoxy) is 1. The molecule has 2 bridgehead atoms. The summed E-state index contributed by atoms with van der Waals surface area (Å²) in [5, 5.41) is 0. The van der Waals surface area contributed by atoms with E-state index in [1.165, 1.54) is 12.8 Å². The predicted octanol–water partition coefficient (Wildman–Crippen LogP) is 4.40. The summed E-state index contributed by atoms with van der Waals surface area (Å²) in [6, 6.07) is 5.87. The molecule has 0 radical (unpaired) electrons. The number of hydrogen-bond acceptors (Lipinski definition) is 2. The Morgan fingerprint density at radius 2 is 2.05 bits per heavy atom. The highest BCUT2D eigenvalue weighted by atomic mass is 16.5. The van der Waals surface area contributed by atoms with Gasteiger partial charge in [0.2, 0.25) is 0 Å². The van der Waals surface area contributed by atoms with Crippen molar-refractivity contribution in [2.75, 3.05) is 0 Å². The van der Waals surface area contributed by atoms with Gasteiger partial charge < -0.3 is 4.74 Å². The second-order valence-electron chi connectivity index (χ2n) is 7.38. The van der Waals surface area contributed by atoms with Crippen molar-refractivity contribution >= 4 is 6.29 Å². The molecule has 0 aliphatic heterocycles. The average molecular weight is 272 g/mol. The number of rotatable bonds is 3. The number of carbonyl (C=O) groups excluding carboxylic acids is 1. The lowest BCUT2D eigenvalue weighted by atomic mass is 9.70. The van der Waals surface area contributed by atoms with Crippen molar-refractivity contribution in [3.63, 3.8) is 0 Å². The number of fused-ring (bicyclic) bond motifs is 2. The Bertz CT molecular complexity index is 546. The van der Waals surface area contributed by atoms with Gasteiger partial charge in [-0.2, -0.15) is 0 Å². The number of carbonyl (C=O) groups is 1. The molecular weight excluding hydrogens is 248 g/mol. The molecule has 2 heteroatoms. The summed E-state index contributed by atoms with van der Waals surface area (Å²) in [6.07, 6.45) is 4.81. The first-order chi connectivity index (χ1) is 9.38. The van der Waals surface area contributed by atoms with E-state index in [4.69, 9.17) is 4.74 Å². The standard InChI is InChI=1S/C18H24O2/c1-12-5-6-15(13(9-12)11-19)20-16-10-14-7-8-18(16,4)17(14,2)3/h5-6,9,11,14,16H,7-8,10H2,1-4H3. The van der Waals surface area contributed by atoms with E-state index in [1.807, 2.05) is 25.1 Å². The van der Waals surface area contributed by atoms with Crippen molar-refractivity contribution in [2.24, 2.45) is 16.7 Å². The predicted molar refractivity (Wildman–Crippen MR) is 80.2 cm³/mol. The van der Waals surface area contributed by atoms with E-state index in [-0.39, 0.29) is 11.5 Å². The molecule has 0 N–H and O–H groups in total. The molecule has 2 aliphatic rings. The lowest BCUT2D eigenvalue weighted by molar-refractivity contribution is 0.0297. The third kappa shape index (κ3) is 1.73. The van der Waals surface area contributed by atoms with Crippen molar-refractivity contribution < 1.29 is 9.53 Å². The van der Waals surface area contributed by atoms with Crippen molar-refractivity contribution in [3.05, 3.63) is 29.3 Å². The fraction of sp³-hybridized carbons (Fsp3) is 0.611. The largest absolute Gasteiger partial charge is 0.489 e. The van der Waals surface area contributed by atoms with Crippen LogP contribution in [0, 0.1) is 23.7 Å². The summed E-state index contributed by atoms with van der Waals surface area (Å²) in [7, 11) is 0. The van der Waals surface area contributed by atoms with Crippen LogP contribution < -0.4 is 4.74 Å². The summed E-state index contributed by atoms with van der Waals surface area (Å²) < 4.78 is 6.29.